The topological polar surface area (TPSA) is 78.3 Å². The lowest BCUT2D eigenvalue weighted by Gasteiger charge is -2.25. The van der Waals surface area contributed by atoms with Gasteiger partial charge in [0.15, 0.2) is 23.0 Å². The number of carbonyl (C=O) groups excluding carboxylic acids is 1. The number of rotatable bonds is 6. The molecule has 1 aliphatic carbocycles. The third kappa shape index (κ3) is 3.29. The third-order valence-electron chi connectivity index (χ3n) is 5.20. The average molecular weight is 403 g/mol. The molecule has 1 aromatic carbocycles. The van der Waals surface area contributed by atoms with Gasteiger partial charge in [0.05, 0.1) is 0 Å². The van der Waals surface area contributed by atoms with Crippen molar-refractivity contribution in [1.29, 1.82) is 0 Å². The highest BCUT2D eigenvalue weighted by atomic mass is 35.5. The molecule has 1 aromatic heterocycles. The van der Waals surface area contributed by atoms with Crippen LogP contribution in [0.25, 0.3) is 17.0 Å². The summed E-state index contributed by atoms with van der Waals surface area (Å²) in [6.45, 7) is 3.09. The number of aromatic nitrogens is 3. The van der Waals surface area contributed by atoms with Gasteiger partial charge in [-0.3, -0.25) is 5.32 Å². The van der Waals surface area contributed by atoms with E-state index in [4.69, 9.17) is 21.1 Å². The summed E-state index contributed by atoms with van der Waals surface area (Å²) in [5, 5.41) is 8.27. The predicted molar refractivity (Wildman–Crippen MR) is 105 cm³/mol. The van der Waals surface area contributed by atoms with Crippen LogP contribution in [0.15, 0.2) is 30.0 Å². The van der Waals surface area contributed by atoms with Crippen LogP contribution in [-0.4, -0.2) is 39.6 Å². The summed E-state index contributed by atoms with van der Waals surface area (Å²) in [6.07, 6.45) is 3.55. The molecular formula is C20H23ClN4O3. The maximum absolute atomic E-state index is 12.8. The third-order valence-corrected chi connectivity index (χ3v) is 5.45. The van der Waals surface area contributed by atoms with E-state index in [-0.39, 0.29) is 0 Å². The van der Waals surface area contributed by atoms with Crippen molar-refractivity contribution in [3.63, 3.8) is 0 Å². The highest BCUT2D eigenvalue weighted by Crippen LogP contribution is 2.47. The molecule has 2 aromatic rings. The van der Waals surface area contributed by atoms with Gasteiger partial charge in [-0.05, 0) is 56.5 Å². The Morgan fingerprint density at radius 1 is 1.29 bits per heavy atom. The van der Waals surface area contributed by atoms with Gasteiger partial charge < -0.3 is 9.47 Å². The average Bonchev–Trinajstić information content (AvgIpc) is 3.35. The smallest absolute Gasteiger partial charge is 0.346 e. The number of ether oxygens (including phenoxy) is 2. The van der Waals surface area contributed by atoms with E-state index in [1.807, 2.05) is 19.1 Å². The standard InChI is InChI=1S/C20H23ClN4O3/c1-3-22-12-27-16-15(19(26)28-20(16)10-4-5-11-20)18-23-17(24-25(18)2)13-6-8-14(21)9-7-13/h6-9,22H,3-5,10-12H2,1-2H3. The molecule has 8 heteroatoms. The van der Waals surface area contributed by atoms with Crippen LogP contribution in [0.2, 0.25) is 5.02 Å². The van der Waals surface area contributed by atoms with E-state index in [0.29, 0.717) is 34.7 Å². The number of hydrogen-bond acceptors (Lipinski definition) is 6. The van der Waals surface area contributed by atoms with E-state index in [1.54, 1.807) is 23.9 Å². The van der Waals surface area contributed by atoms with Crippen molar-refractivity contribution >= 4 is 23.1 Å². The van der Waals surface area contributed by atoms with Crippen LogP contribution in [0.3, 0.4) is 0 Å². The summed E-state index contributed by atoms with van der Waals surface area (Å²) in [5.74, 6) is 1.15. The monoisotopic (exact) mass is 402 g/mol. The first-order chi connectivity index (χ1) is 13.5. The van der Waals surface area contributed by atoms with Gasteiger partial charge in [-0.1, -0.05) is 18.5 Å². The van der Waals surface area contributed by atoms with Gasteiger partial charge in [0, 0.05) is 17.6 Å². The van der Waals surface area contributed by atoms with Crippen LogP contribution < -0.4 is 5.32 Å². The lowest BCUT2D eigenvalue weighted by Crippen LogP contribution is -2.31. The number of esters is 1. The summed E-state index contributed by atoms with van der Waals surface area (Å²) >= 11 is 5.97. The first kappa shape index (κ1) is 19.0. The van der Waals surface area contributed by atoms with Crippen LogP contribution in [0.5, 0.6) is 0 Å². The van der Waals surface area contributed by atoms with E-state index in [9.17, 15) is 4.79 Å². The molecule has 0 unspecified atom stereocenters. The Hall–Kier alpha value is -2.38. The highest BCUT2D eigenvalue weighted by Gasteiger charge is 2.52. The van der Waals surface area contributed by atoms with Crippen molar-refractivity contribution in [3.8, 4) is 11.4 Å². The van der Waals surface area contributed by atoms with Crippen molar-refractivity contribution in [2.75, 3.05) is 13.3 Å². The minimum Gasteiger partial charge on any atom is -0.477 e. The quantitative estimate of drug-likeness (QED) is 0.453. The Balaban J connectivity index is 1.77. The fourth-order valence-electron chi connectivity index (χ4n) is 3.82. The molecule has 0 saturated heterocycles. The molecule has 28 heavy (non-hydrogen) atoms. The van der Waals surface area contributed by atoms with Gasteiger partial charge >= 0.3 is 5.97 Å². The molecule has 0 bridgehead atoms. The van der Waals surface area contributed by atoms with E-state index >= 15 is 0 Å². The highest BCUT2D eigenvalue weighted by molar-refractivity contribution is 6.30. The summed E-state index contributed by atoms with van der Waals surface area (Å²) in [5.41, 5.74) is 0.521. The molecule has 0 atom stereocenters. The second kappa shape index (κ2) is 7.56. The molecule has 4 rings (SSSR count). The normalized spacial score (nSPS) is 18.2. The molecule has 7 nitrogen and oxygen atoms in total. The van der Waals surface area contributed by atoms with Crippen molar-refractivity contribution in [2.45, 2.75) is 38.2 Å². The van der Waals surface area contributed by atoms with E-state index in [2.05, 4.69) is 15.4 Å². The molecule has 1 N–H and O–H groups in total. The van der Waals surface area contributed by atoms with Gasteiger partial charge in [0.25, 0.3) is 0 Å². The van der Waals surface area contributed by atoms with Crippen LogP contribution in [-0.2, 0) is 21.3 Å². The maximum Gasteiger partial charge on any atom is 0.346 e. The number of nitrogens with zero attached hydrogens (tertiary/aromatic N) is 3. The molecule has 2 heterocycles. The molecular weight excluding hydrogens is 380 g/mol. The summed E-state index contributed by atoms with van der Waals surface area (Å²) in [7, 11) is 1.77. The van der Waals surface area contributed by atoms with Gasteiger partial charge in [-0.15, -0.1) is 0 Å². The Bertz CT molecular complexity index is 914. The fourth-order valence-corrected chi connectivity index (χ4v) is 3.94. The van der Waals surface area contributed by atoms with Crippen molar-refractivity contribution in [1.82, 2.24) is 20.1 Å². The molecule has 1 fully saturated rings. The molecule has 1 saturated carbocycles. The number of nitrogens with one attached hydrogen (secondary N) is 1. The Kier molecular flexibility index (Phi) is 5.12. The molecule has 1 spiro atoms. The zero-order valence-corrected chi connectivity index (χ0v) is 16.8. The van der Waals surface area contributed by atoms with Crippen LogP contribution in [0, 0.1) is 0 Å². The Morgan fingerprint density at radius 2 is 2.00 bits per heavy atom. The van der Waals surface area contributed by atoms with E-state index in [1.165, 1.54) is 0 Å². The second-order valence-electron chi connectivity index (χ2n) is 7.08. The lowest BCUT2D eigenvalue weighted by atomic mass is 9.98. The van der Waals surface area contributed by atoms with E-state index in [0.717, 1.165) is 37.8 Å². The predicted octanol–water partition coefficient (Wildman–Crippen LogP) is 3.30. The zero-order chi connectivity index (χ0) is 19.7. The van der Waals surface area contributed by atoms with Gasteiger partial charge in [0.2, 0.25) is 0 Å². The fraction of sp³-hybridized carbons (Fsp3) is 0.450. The van der Waals surface area contributed by atoms with Gasteiger partial charge in [-0.2, -0.15) is 5.10 Å². The summed E-state index contributed by atoms with van der Waals surface area (Å²) in [4.78, 5) is 17.5. The Labute approximate surface area is 168 Å². The first-order valence-electron chi connectivity index (χ1n) is 9.53. The van der Waals surface area contributed by atoms with Gasteiger partial charge in [-0.25, -0.2) is 14.5 Å². The van der Waals surface area contributed by atoms with Crippen LogP contribution in [0.1, 0.15) is 38.4 Å². The second-order valence-corrected chi connectivity index (χ2v) is 7.51. The summed E-state index contributed by atoms with van der Waals surface area (Å²) < 4.78 is 13.5. The largest absolute Gasteiger partial charge is 0.477 e. The maximum atomic E-state index is 12.8. The van der Waals surface area contributed by atoms with Gasteiger partial charge in [0.1, 0.15) is 12.3 Å². The van der Waals surface area contributed by atoms with Crippen molar-refractivity contribution in [3.05, 3.63) is 40.9 Å². The number of carbonyl (C=O) groups is 1. The van der Waals surface area contributed by atoms with Crippen molar-refractivity contribution in [2.24, 2.45) is 7.05 Å². The molecule has 148 valence electrons. The summed E-state index contributed by atoms with van der Waals surface area (Å²) in [6, 6.07) is 7.27. The molecule has 0 amide bonds. The van der Waals surface area contributed by atoms with Crippen molar-refractivity contribution < 1.29 is 14.3 Å². The molecule has 1 aliphatic heterocycles. The first-order valence-corrected chi connectivity index (χ1v) is 9.91. The minimum absolute atomic E-state index is 0.315. The van der Waals surface area contributed by atoms with Crippen LogP contribution in [0.4, 0.5) is 0 Å². The number of benzene rings is 1. The van der Waals surface area contributed by atoms with Crippen LogP contribution >= 0.6 is 11.6 Å². The Morgan fingerprint density at radius 3 is 2.68 bits per heavy atom. The number of halogens is 1. The minimum atomic E-state index is -0.672. The molecule has 0 radical (unpaired) electrons. The molecule has 2 aliphatic rings. The SMILES string of the molecule is CCNCOC1=C(c2nc(-c3ccc(Cl)cc3)nn2C)C(=O)OC12CCCC2. The lowest BCUT2D eigenvalue weighted by molar-refractivity contribution is -0.146. The zero-order valence-electron chi connectivity index (χ0n) is 16.0. The number of aryl methyl sites for hydroxylation is 1. The van der Waals surface area contributed by atoms with E-state index < -0.39 is 11.6 Å². The number of hydrogen-bond donors (Lipinski definition) is 1.